The molecule has 0 unspecified atom stereocenters. The molecule has 5 nitrogen and oxygen atoms in total. The Hall–Kier alpha value is -2.17. The molecule has 0 fully saturated rings. The molecule has 0 spiro atoms. The number of hydrogen-bond donors (Lipinski definition) is 1. The average Bonchev–Trinajstić information content (AvgIpc) is 2.80. The number of nitrogens with one attached hydrogen (secondary N) is 1. The van der Waals surface area contributed by atoms with E-state index in [-0.39, 0.29) is 5.91 Å². The Morgan fingerprint density at radius 3 is 2.95 bits per heavy atom. The zero-order valence-corrected chi connectivity index (χ0v) is 11.3. The zero-order chi connectivity index (χ0) is 13.7. The van der Waals surface area contributed by atoms with Crippen molar-refractivity contribution in [2.24, 2.45) is 7.05 Å². The SMILES string of the molecule is CCCc1c(C(=O)NCc2ccccn2)cnn1C. The van der Waals surface area contributed by atoms with Gasteiger partial charge in [-0.3, -0.25) is 14.5 Å². The molecule has 2 rings (SSSR count). The molecule has 0 radical (unpaired) electrons. The van der Waals surface area contributed by atoms with Gasteiger partial charge >= 0.3 is 0 Å². The third-order valence-corrected chi connectivity index (χ3v) is 2.95. The van der Waals surface area contributed by atoms with Gasteiger partial charge in [-0.25, -0.2) is 0 Å². The molecule has 5 heteroatoms. The summed E-state index contributed by atoms with van der Waals surface area (Å²) in [6.45, 7) is 2.52. The molecular weight excluding hydrogens is 240 g/mol. The minimum Gasteiger partial charge on any atom is -0.346 e. The summed E-state index contributed by atoms with van der Waals surface area (Å²) in [4.78, 5) is 16.3. The van der Waals surface area contributed by atoms with Crippen LogP contribution in [0.2, 0.25) is 0 Å². The molecule has 0 aliphatic heterocycles. The summed E-state index contributed by atoms with van der Waals surface area (Å²) in [5.41, 5.74) is 2.47. The number of nitrogens with zero attached hydrogens (tertiary/aromatic N) is 3. The first-order valence-electron chi connectivity index (χ1n) is 6.41. The van der Waals surface area contributed by atoms with Crippen LogP contribution in [0.3, 0.4) is 0 Å². The lowest BCUT2D eigenvalue weighted by molar-refractivity contribution is 0.0949. The van der Waals surface area contributed by atoms with Crippen molar-refractivity contribution in [2.75, 3.05) is 0 Å². The number of rotatable bonds is 5. The molecule has 0 atom stereocenters. The van der Waals surface area contributed by atoms with Crippen molar-refractivity contribution in [3.05, 3.63) is 47.5 Å². The van der Waals surface area contributed by atoms with E-state index in [1.165, 1.54) is 0 Å². The van der Waals surface area contributed by atoms with E-state index >= 15 is 0 Å². The number of carbonyl (C=O) groups is 1. The highest BCUT2D eigenvalue weighted by atomic mass is 16.1. The fourth-order valence-electron chi connectivity index (χ4n) is 1.95. The number of carbonyl (C=O) groups excluding carboxylic acids is 1. The molecule has 2 heterocycles. The first-order chi connectivity index (χ1) is 9.22. The molecule has 0 aromatic carbocycles. The number of amides is 1. The summed E-state index contributed by atoms with van der Waals surface area (Å²) in [6, 6.07) is 5.64. The highest BCUT2D eigenvalue weighted by Gasteiger charge is 2.14. The Morgan fingerprint density at radius 1 is 1.42 bits per heavy atom. The Kier molecular flexibility index (Phi) is 4.28. The third-order valence-electron chi connectivity index (χ3n) is 2.95. The Balaban J connectivity index is 2.04. The largest absolute Gasteiger partial charge is 0.346 e. The van der Waals surface area contributed by atoms with Gasteiger partial charge in [0, 0.05) is 13.2 Å². The van der Waals surface area contributed by atoms with Crippen molar-refractivity contribution in [3.63, 3.8) is 0 Å². The van der Waals surface area contributed by atoms with Crippen LogP contribution in [-0.2, 0) is 20.0 Å². The highest BCUT2D eigenvalue weighted by Crippen LogP contribution is 2.10. The molecule has 0 saturated carbocycles. The van der Waals surface area contributed by atoms with Gasteiger partial charge in [-0.1, -0.05) is 19.4 Å². The predicted octanol–water partition coefficient (Wildman–Crippen LogP) is 1.70. The molecule has 19 heavy (non-hydrogen) atoms. The smallest absolute Gasteiger partial charge is 0.255 e. The van der Waals surface area contributed by atoms with Crippen LogP contribution in [0.4, 0.5) is 0 Å². The number of hydrogen-bond acceptors (Lipinski definition) is 3. The molecule has 100 valence electrons. The summed E-state index contributed by atoms with van der Waals surface area (Å²) >= 11 is 0. The fraction of sp³-hybridized carbons (Fsp3) is 0.357. The Morgan fingerprint density at radius 2 is 2.26 bits per heavy atom. The van der Waals surface area contributed by atoms with Crippen LogP contribution < -0.4 is 5.32 Å². The number of pyridine rings is 1. The van der Waals surface area contributed by atoms with Crippen LogP contribution in [0.5, 0.6) is 0 Å². The summed E-state index contributed by atoms with van der Waals surface area (Å²) in [5, 5.41) is 7.02. The van der Waals surface area contributed by atoms with Crippen molar-refractivity contribution in [3.8, 4) is 0 Å². The Labute approximate surface area is 112 Å². The average molecular weight is 258 g/mol. The second-order valence-electron chi connectivity index (χ2n) is 4.38. The van der Waals surface area contributed by atoms with Crippen LogP contribution in [0, 0.1) is 0 Å². The maximum absolute atomic E-state index is 12.1. The van der Waals surface area contributed by atoms with Crippen molar-refractivity contribution >= 4 is 5.91 Å². The van der Waals surface area contributed by atoms with Crippen molar-refractivity contribution in [1.82, 2.24) is 20.1 Å². The van der Waals surface area contributed by atoms with E-state index in [4.69, 9.17) is 0 Å². The standard InChI is InChI=1S/C14H18N4O/c1-3-6-13-12(10-17-18(13)2)14(19)16-9-11-7-4-5-8-15-11/h4-5,7-8,10H,3,6,9H2,1-2H3,(H,16,19). The van der Waals surface area contributed by atoms with Crippen molar-refractivity contribution in [1.29, 1.82) is 0 Å². The van der Waals surface area contributed by atoms with Crippen molar-refractivity contribution in [2.45, 2.75) is 26.3 Å². The summed E-state index contributed by atoms with van der Waals surface area (Å²) < 4.78 is 1.76. The highest BCUT2D eigenvalue weighted by molar-refractivity contribution is 5.95. The summed E-state index contributed by atoms with van der Waals surface area (Å²) in [5.74, 6) is -0.0952. The Bertz CT molecular complexity index is 548. The molecule has 0 bridgehead atoms. The lowest BCUT2D eigenvalue weighted by Crippen LogP contribution is -2.24. The van der Waals surface area contributed by atoms with Gasteiger partial charge in [0.05, 0.1) is 29.7 Å². The van der Waals surface area contributed by atoms with E-state index in [0.29, 0.717) is 12.1 Å². The normalized spacial score (nSPS) is 10.4. The summed E-state index contributed by atoms with van der Waals surface area (Å²) in [6.07, 6.45) is 5.18. The lowest BCUT2D eigenvalue weighted by atomic mass is 10.1. The van der Waals surface area contributed by atoms with Gasteiger partial charge in [0.25, 0.3) is 5.91 Å². The quantitative estimate of drug-likeness (QED) is 0.888. The second kappa shape index (κ2) is 6.13. The van der Waals surface area contributed by atoms with Crippen LogP contribution in [0.15, 0.2) is 30.6 Å². The van der Waals surface area contributed by atoms with E-state index in [0.717, 1.165) is 24.2 Å². The van der Waals surface area contributed by atoms with E-state index in [1.54, 1.807) is 17.1 Å². The molecule has 0 aliphatic rings. The molecule has 1 amide bonds. The molecule has 0 saturated heterocycles. The van der Waals surface area contributed by atoms with Gasteiger partial charge in [-0.15, -0.1) is 0 Å². The van der Waals surface area contributed by atoms with Gasteiger partial charge in [0.15, 0.2) is 0 Å². The van der Waals surface area contributed by atoms with E-state index in [2.05, 4.69) is 22.3 Å². The first kappa shape index (κ1) is 13.3. The van der Waals surface area contributed by atoms with Gasteiger partial charge in [0.1, 0.15) is 0 Å². The first-order valence-corrected chi connectivity index (χ1v) is 6.41. The van der Waals surface area contributed by atoms with Crippen LogP contribution in [0.25, 0.3) is 0 Å². The maximum atomic E-state index is 12.1. The molecule has 2 aromatic heterocycles. The minimum absolute atomic E-state index is 0.0952. The predicted molar refractivity (Wildman–Crippen MR) is 72.6 cm³/mol. The topological polar surface area (TPSA) is 59.8 Å². The third kappa shape index (κ3) is 3.19. The molecule has 0 aliphatic carbocycles. The maximum Gasteiger partial charge on any atom is 0.255 e. The summed E-state index contributed by atoms with van der Waals surface area (Å²) in [7, 11) is 1.86. The van der Waals surface area contributed by atoms with Crippen LogP contribution in [0.1, 0.15) is 35.1 Å². The molecular formula is C14H18N4O. The van der Waals surface area contributed by atoms with Gasteiger partial charge in [-0.2, -0.15) is 5.10 Å². The number of aryl methyl sites for hydroxylation is 1. The number of aromatic nitrogens is 3. The van der Waals surface area contributed by atoms with Crippen LogP contribution in [-0.4, -0.2) is 20.7 Å². The minimum atomic E-state index is -0.0952. The zero-order valence-electron chi connectivity index (χ0n) is 11.3. The van der Waals surface area contributed by atoms with E-state index in [9.17, 15) is 4.79 Å². The molecule has 2 aromatic rings. The van der Waals surface area contributed by atoms with Gasteiger partial charge in [0.2, 0.25) is 0 Å². The van der Waals surface area contributed by atoms with Crippen molar-refractivity contribution < 1.29 is 4.79 Å². The van der Waals surface area contributed by atoms with E-state index in [1.807, 2.05) is 25.2 Å². The second-order valence-corrected chi connectivity index (χ2v) is 4.38. The monoisotopic (exact) mass is 258 g/mol. The van der Waals surface area contributed by atoms with Gasteiger partial charge in [-0.05, 0) is 18.6 Å². The molecule has 1 N–H and O–H groups in total. The lowest BCUT2D eigenvalue weighted by Gasteiger charge is -2.06. The van der Waals surface area contributed by atoms with Crippen LogP contribution >= 0.6 is 0 Å². The van der Waals surface area contributed by atoms with E-state index < -0.39 is 0 Å². The van der Waals surface area contributed by atoms with Gasteiger partial charge < -0.3 is 5.32 Å². The fourth-order valence-corrected chi connectivity index (χ4v) is 1.95.